The molecule has 0 saturated carbocycles. The first-order chi connectivity index (χ1) is 16.5. The summed E-state index contributed by atoms with van der Waals surface area (Å²) in [4.78, 5) is 31.7. The van der Waals surface area contributed by atoms with Gasteiger partial charge < -0.3 is 5.32 Å². The van der Waals surface area contributed by atoms with E-state index >= 15 is 0 Å². The van der Waals surface area contributed by atoms with Crippen LogP contribution in [0.5, 0.6) is 0 Å². The summed E-state index contributed by atoms with van der Waals surface area (Å²) in [7, 11) is 0. The lowest BCUT2D eigenvalue weighted by Gasteiger charge is -2.39. The number of hydrazone groups is 1. The zero-order valence-corrected chi connectivity index (χ0v) is 19.7. The monoisotopic (exact) mass is 507 g/mol. The van der Waals surface area contributed by atoms with Crippen LogP contribution in [0.25, 0.3) is 5.70 Å². The molecule has 0 fully saturated rings. The van der Waals surface area contributed by atoms with Crippen molar-refractivity contribution >= 4 is 63.3 Å². The first kappa shape index (κ1) is 21.2. The number of rotatable bonds is 2. The number of anilines is 1. The fourth-order valence-electron chi connectivity index (χ4n) is 4.25. The molecule has 0 radical (unpaired) electrons. The highest BCUT2D eigenvalue weighted by Crippen LogP contribution is 2.46. The molecule has 1 unspecified atom stereocenters. The van der Waals surface area contributed by atoms with E-state index in [4.69, 9.17) is 33.3 Å². The standard InChI is InChI=1S/C24H15Cl2N5O2S/c25-14-7-5-13(6-8-14)12-34-23-28-21(32)20-16-3-1-2-4-18(16)29-24(31(20)30-23)17-11-15(26)9-10-19(17)27-22(24)33/h1-11H,12H2,(H,27,33)(H,28,30,32). The van der Waals surface area contributed by atoms with Gasteiger partial charge in [0.1, 0.15) is 5.70 Å². The molecule has 3 aromatic carbocycles. The van der Waals surface area contributed by atoms with Gasteiger partial charge in [-0.1, -0.05) is 65.3 Å². The molecule has 10 heteroatoms. The minimum Gasteiger partial charge on any atom is -0.321 e. The molecule has 34 heavy (non-hydrogen) atoms. The van der Waals surface area contributed by atoms with Gasteiger partial charge in [-0.25, -0.2) is 10.0 Å². The highest BCUT2D eigenvalue weighted by Gasteiger charge is 2.56. The van der Waals surface area contributed by atoms with E-state index in [0.29, 0.717) is 42.8 Å². The van der Waals surface area contributed by atoms with Gasteiger partial charge >= 0.3 is 0 Å². The molecule has 2 N–H and O–H groups in total. The van der Waals surface area contributed by atoms with Crippen LogP contribution in [0, 0.1) is 0 Å². The van der Waals surface area contributed by atoms with E-state index in [1.54, 1.807) is 30.3 Å². The lowest BCUT2D eigenvalue weighted by Crippen LogP contribution is -2.59. The second-order valence-corrected chi connectivity index (χ2v) is 9.72. The van der Waals surface area contributed by atoms with Gasteiger partial charge in [-0.2, -0.15) is 0 Å². The summed E-state index contributed by atoms with van der Waals surface area (Å²) >= 11 is 13.6. The van der Waals surface area contributed by atoms with E-state index in [-0.39, 0.29) is 11.6 Å². The summed E-state index contributed by atoms with van der Waals surface area (Å²) in [5, 5.41) is 14.5. The number of benzene rings is 3. The normalized spacial score (nSPS) is 20.1. The predicted molar refractivity (Wildman–Crippen MR) is 133 cm³/mol. The second kappa shape index (κ2) is 7.87. The van der Waals surface area contributed by atoms with Crippen LogP contribution in [0.3, 0.4) is 0 Å². The third-order valence-corrected chi connectivity index (χ3v) is 7.22. The molecule has 2 amide bonds. The summed E-state index contributed by atoms with van der Waals surface area (Å²) < 4.78 is 0. The van der Waals surface area contributed by atoms with E-state index in [9.17, 15) is 9.59 Å². The lowest BCUT2D eigenvalue weighted by atomic mass is 9.97. The zero-order valence-electron chi connectivity index (χ0n) is 17.4. The minimum absolute atomic E-state index is 0.254. The van der Waals surface area contributed by atoms with Crippen LogP contribution >= 0.6 is 35.0 Å². The summed E-state index contributed by atoms with van der Waals surface area (Å²) in [5.41, 5.74) is 0.795. The summed E-state index contributed by atoms with van der Waals surface area (Å²) in [5.74, 6) is -0.217. The number of halogens is 2. The summed E-state index contributed by atoms with van der Waals surface area (Å²) in [6.45, 7) is 0. The molecule has 1 spiro atoms. The van der Waals surface area contributed by atoms with Gasteiger partial charge in [-0.3, -0.25) is 14.9 Å². The van der Waals surface area contributed by atoms with Crippen LogP contribution in [0.15, 0.2) is 76.8 Å². The SMILES string of the molecule is O=C1NC(SCc2ccc(Cl)cc2)=NN2C1=c1ccccc1=NC21C(=O)Nc2ccc(Cl)cc21. The Morgan fingerprint density at radius 3 is 2.53 bits per heavy atom. The molecule has 3 aliphatic heterocycles. The average Bonchev–Trinajstić information content (AvgIpc) is 3.10. The van der Waals surface area contributed by atoms with E-state index in [1.807, 2.05) is 36.4 Å². The first-order valence-electron chi connectivity index (χ1n) is 10.3. The maximum absolute atomic E-state index is 13.5. The number of carbonyl (C=O) groups excluding carboxylic acids is 2. The van der Waals surface area contributed by atoms with Gasteiger partial charge in [-0.05, 0) is 42.0 Å². The molecule has 6 rings (SSSR count). The Balaban J connectivity index is 1.52. The fraction of sp³-hybridized carbons (Fsp3) is 0.0833. The Morgan fingerprint density at radius 1 is 0.941 bits per heavy atom. The molecular weight excluding hydrogens is 493 g/mol. The minimum atomic E-state index is -1.59. The van der Waals surface area contributed by atoms with Crippen molar-refractivity contribution in [3.05, 3.63) is 98.5 Å². The number of nitrogens with one attached hydrogen (secondary N) is 2. The number of para-hydroxylation sites is 1. The first-order valence-corrected chi connectivity index (χ1v) is 12.1. The van der Waals surface area contributed by atoms with Crippen molar-refractivity contribution in [2.75, 3.05) is 5.32 Å². The Morgan fingerprint density at radius 2 is 1.71 bits per heavy atom. The Kier molecular flexibility index (Phi) is 4.91. The van der Waals surface area contributed by atoms with E-state index in [1.165, 1.54) is 16.8 Å². The van der Waals surface area contributed by atoms with E-state index in [0.717, 1.165) is 5.56 Å². The molecule has 7 nitrogen and oxygen atoms in total. The number of thioether (sulfide) groups is 1. The fourth-order valence-corrected chi connectivity index (χ4v) is 5.34. The Hall–Kier alpha value is -3.33. The topological polar surface area (TPSA) is 86.2 Å². The molecule has 1 atom stereocenters. The lowest BCUT2D eigenvalue weighted by molar-refractivity contribution is -0.127. The molecule has 3 aromatic rings. The van der Waals surface area contributed by atoms with Crippen LogP contribution in [0.1, 0.15) is 11.1 Å². The largest absolute Gasteiger partial charge is 0.321 e. The number of amides is 2. The molecule has 0 bridgehead atoms. The van der Waals surface area contributed by atoms with Crippen LogP contribution in [-0.4, -0.2) is 22.0 Å². The van der Waals surface area contributed by atoms with Crippen molar-refractivity contribution in [1.29, 1.82) is 0 Å². The van der Waals surface area contributed by atoms with Crippen LogP contribution in [-0.2, 0) is 21.0 Å². The quantitative estimate of drug-likeness (QED) is 0.557. The van der Waals surface area contributed by atoms with Crippen molar-refractivity contribution in [2.24, 2.45) is 10.1 Å². The Labute approximate surface area is 208 Å². The average molecular weight is 508 g/mol. The van der Waals surface area contributed by atoms with Crippen molar-refractivity contribution in [2.45, 2.75) is 11.4 Å². The molecule has 3 heterocycles. The third-order valence-electron chi connectivity index (χ3n) is 5.80. The highest BCUT2D eigenvalue weighted by molar-refractivity contribution is 8.13. The number of hydrogen-bond donors (Lipinski definition) is 2. The van der Waals surface area contributed by atoms with E-state index < -0.39 is 11.6 Å². The number of amidine groups is 1. The van der Waals surface area contributed by atoms with Crippen LogP contribution < -0.4 is 21.2 Å². The van der Waals surface area contributed by atoms with Crippen LogP contribution in [0.2, 0.25) is 10.0 Å². The van der Waals surface area contributed by atoms with Gasteiger partial charge in [0.05, 0.1) is 5.36 Å². The Bertz CT molecular complexity index is 1540. The molecular formula is C24H15Cl2N5O2S. The number of nitrogens with zero attached hydrogens (tertiary/aromatic N) is 3. The molecule has 0 aliphatic carbocycles. The maximum atomic E-state index is 13.5. The number of hydrogen-bond acceptors (Lipinski definition) is 6. The number of fused-ring (bicyclic) bond motifs is 5. The predicted octanol–water partition coefficient (Wildman–Crippen LogP) is 3.18. The van der Waals surface area contributed by atoms with Gasteiger partial charge in [0.25, 0.3) is 17.5 Å². The third kappa shape index (κ3) is 3.21. The molecule has 168 valence electrons. The molecule has 0 saturated heterocycles. The van der Waals surface area contributed by atoms with Crippen molar-refractivity contribution in [3.63, 3.8) is 0 Å². The zero-order chi connectivity index (χ0) is 23.4. The van der Waals surface area contributed by atoms with Gasteiger partial charge in [0, 0.05) is 32.3 Å². The summed E-state index contributed by atoms with van der Waals surface area (Å²) in [6.07, 6.45) is 0. The van der Waals surface area contributed by atoms with Gasteiger partial charge in [-0.15, -0.1) is 5.10 Å². The van der Waals surface area contributed by atoms with Gasteiger partial charge in [0.2, 0.25) is 0 Å². The smallest absolute Gasteiger partial charge is 0.279 e. The van der Waals surface area contributed by atoms with E-state index in [2.05, 4.69) is 10.6 Å². The van der Waals surface area contributed by atoms with Gasteiger partial charge in [0.15, 0.2) is 5.17 Å². The molecule has 0 aromatic heterocycles. The van der Waals surface area contributed by atoms with Crippen molar-refractivity contribution < 1.29 is 9.59 Å². The molecule has 3 aliphatic rings. The summed E-state index contributed by atoms with van der Waals surface area (Å²) in [6, 6.07) is 19.8. The van der Waals surface area contributed by atoms with Crippen molar-refractivity contribution in [1.82, 2.24) is 10.3 Å². The maximum Gasteiger partial charge on any atom is 0.279 e. The van der Waals surface area contributed by atoms with Crippen molar-refractivity contribution in [3.8, 4) is 0 Å². The second-order valence-electron chi connectivity index (χ2n) is 7.88. The van der Waals surface area contributed by atoms with Crippen LogP contribution in [0.4, 0.5) is 5.69 Å². The highest BCUT2D eigenvalue weighted by atomic mass is 35.5. The number of carbonyl (C=O) groups is 2.